The Hall–Kier alpha value is -2.40. The van der Waals surface area contributed by atoms with Gasteiger partial charge in [0.1, 0.15) is 5.76 Å². The second kappa shape index (κ2) is 6.15. The van der Waals surface area contributed by atoms with E-state index in [0.717, 1.165) is 11.3 Å². The van der Waals surface area contributed by atoms with Crippen molar-refractivity contribution in [3.63, 3.8) is 0 Å². The van der Waals surface area contributed by atoms with Crippen molar-refractivity contribution in [1.82, 2.24) is 15.0 Å². The van der Waals surface area contributed by atoms with E-state index in [0.29, 0.717) is 18.3 Å². The Morgan fingerprint density at radius 3 is 2.82 bits per heavy atom. The predicted octanol–water partition coefficient (Wildman–Crippen LogP) is 3.83. The van der Waals surface area contributed by atoms with Gasteiger partial charge >= 0.3 is 0 Å². The summed E-state index contributed by atoms with van der Waals surface area (Å²) in [5.74, 6) is 2.14. The van der Waals surface area contributed by atoms with Crippen molar-refractivity contribution in [2.24, 2.45) is 0 Å². The summed E-state index contributed by atoms with van der Waals surface area (Å²) in [6, 6.07) is 12.1. The highest BCUT2D eigenvalue weighted by molar-refractivity contribution is 5.55. The lowest BCUT2D eigenvalue weighted by Crippen LogP contribution is -2.21. The Kier molecular flexibility index (Phi) is 4.06. The Labute approximate surface area is 129 Å². The van der Waals surface area contributed by atoms with Gasteiger partial charge in [-0.2, -0.15) is 4.98 Å². The summed E-state index contributed by atoms with van der Waals surface area (Å²) in [5, 5.41) is 4.07. The summed E-state index contributed by atoms with van der Waals surface area (Å²) in [7, 11) is 2.00. The van der Waals surface area contributed by atoms with Gasteiger partial charge in [0.25, 0.3) is 0 Å². The first-order chi connectivity index (χ1) is 10.6. The molecule has 3 aromatic rings. The minimum Gasteiger partial charge on any atom is -0.468 e. The summed E-state index contributed by atoms with van der Waals surface area (Å²) in [6.07, 6.45) is 1.68. The molecule has 0 saturated carbocycles. The van der Waals surface area contributed by atoms with E-state index in [4.69, 9.17) is 8.94 Å². The second-order valence-electron chi connectivity index (χ2n) is 5.49. The number of hydrogen-bond donors (Lipinski definition) is 0. The molecule has 0 saturated heterocycles. The fourth-order valence-corrected chi connectivity index (χ4v) is 2.32. The fraction of sp³-hybridized carbons (Fsp3) is 0.294. The highest BCUT2D eigenvalue weighted by atomic mass is 16.5. The average molecular weight is 297 g/mol. The zero-order valence-electron chi connectivity index (χ0n) is 13.0. The maximum Gasteiger partial charge on any atom is 0.241 e. The zero-order chi connectivity index (χ0) is 15.5. The smallest absolute Gasteiger partial charge is 0.241 e. The number of aromatic nitrogens is 2. The molecule has 114 valence electrons. The molecule has 0 amide bonds. The lowest BCUT2D eigenvalue weighted by Gasteiger charge is -2.20. The highest BCUT2D eigenvalue weighted by Crippen LogP contribution is 2.22. The van der Waals surface area contributed by atoms with Gasteiger partial charge in [-0.25, -0.2) is 0 Å². The summed E-state index contributed by atoms with van der Waals surface area (Å²) >= 11 is 0. The number of aryl methyl sites for hydroxylation is 1. The van der Waals surface area contributed by atoms with Crippen LogP contribution < -0.4 is 0 Å². The van der Waals surface area contributed by atoms with Gasteiger partial charge < -0.3 is 8.94 Å². The molecule has 2 heterocycles. The third-order valence-corrected chi connectivity index (χ3v) is 3.75. The van der Waals surface area contributed by atoms with E-state index in [1.165, 1.54) is 5.56 Å². The van der Waals surface area contributed by atoms with E-state index in [2.05, 4.69) is 22.0 Å². The van der Waals surface area contributed by atoms with Crippen molar-refractivity contribution in [2.75, 3.05) is 7.05 Å². The Bertz CT molecular complexity index is 734. The number of rotatable bonds is 5. The maximum absolute atomic E-state index is 5.43. The molecule has 22 heavy (non-hydrogen) atoms. The predicted molar refractivity (Wildman–Crippen MR) is 83.1 cm³/mol. The molecule has 0 aliphatic heterocycles. The van der Waals surface area contributed by atoms with Crippen LogP contribution in [0.3, 0.4) is 0 Å². The molecule has 0 aliphatic rings. The minimum atomic E-state index is 0.143. The molecule has 1 unspecified atom stereocenters. The van der Waals surface area contributed by atoms with Crippen molar-refractivity contribution in [3.8, 4) is 11.4 Å². The zero-order valence-corrected chi connectivity index (χ0v) is 13.0. The molecule has 0 fully saturated rings. The quantitative estimate of drug-likeness (QED) is 0.716. The summed E-state index contributed by atoms with van der Waals surface area (Å²) in [5.41, 5.74) is 2.14. The Morgan fingerprint density at radius 2 is 2.09 bits per heavy atom. The topological polar surface area (TPSA) is 55.3 Å². The highest BCUT2D eigenvalue weighted by Gasteiger charge is 2.17. The third kappa shape index (κ3) is 3.09. The largest absolute Gasteiger partial charge is 0.468 e. The molecule has 0 radical (unpaired) electrons. The molecular formula is C17H19N3O2. The molecular weight excluding hydrogens is 278 g/mol. The van der Waals surface area contributed by atoms with E-state index < -0.39 is 0 Å². The SMILES string of the molecule is Cc1cccc(-c2noc(CN(C)C(C)c3ccco3)n2)c1. The van der Waals surface area contributed by atoms with Gasteiger partial charge in [-0.3, -0.25) is 4.90 Å². The Morgan fingerprint density at radius 1 is 1.23 bits per heavy atom. The maximum atomic E-state index is 5.43. The molecule has 5 heteroatoms. The molecule has 2 aromatic heterocycles. The van der Waals surface area contributed by atoms with Crippen LogP contribution >= 0.6 is 0 Å². The van der Waals surface area contributed by atoms with Crippen molar-refractivity contribution >= 4 is 0 Å². The van der Waals surface area contributed by atoms with Crippen molar-refractivity contribution in [3.05, 3.63) is 59.9 Å². The molecule has 0 N–H and O–H groups in total. The monoisotopic (exact) mass is 297 g/mol. The fourth-order valence-electron chi connectivity index (χ4n) is 2.32. The van der Waals surface area contributed by atoms with Gasteiger partial charge in [0.15, 0.2) is 0 Å². The minimum absolute atomic E-state index is 0.143. The molecule has 1 atom stereocenters. The molecule has 0 aliphatic carbocycles. The van der Waals surface area contributed by atoms with Gasteiger partial charge in [-0.1, -0.05) is 28.9 Å². The van der Waals surface area contributed by atoms with Gasteiger partial charge in [-0.05, 0) is 39.1 Å². The van der Waals surface area contributed by atoms with Crippen LogP contribution in [0.25, 0.3) is 11.4 Å². The van der Waals surface area contributed by atoms with Crippen LogP contribution in [0, 0.1) is 6.92 Å². The van der Waals surface area contributed by atoms with Crippen LogP contribution in [0.4, 0.5) is 0 Å². The first-order valence-corrected chi connectivity index (χ1v) is 7.27. The van der Waals surface area contributed by atoms with E-state index >= 15 is 0 Å². The van der Waals surface area contributed by atoms with Crippen LogP contribution in [0.2, 0.25) is 0 Å². The average Bonchev–Trinajstić information content (AvgIpc) is 3.18. The van der Waals surface area contributed by atoms with Crippen LogP contribution in [0.15, 0.2) is 51.6 Å². The van der Waals surface area contributed by atoms with E-state index in [-0.39, 0.29) is 6.04 Å². The normalized spacial score (nSPS) is 12.7. The first kappa shape index (κ1) is 14.5. The van der Waals surface area contributed by atoms with Crippen LogP contribution in [-0.4, -0.2) is 22.1 Å². The molecule has 0 bridgehead atoms. The van der Waals surface area contributed by atoms with E-state index in [1.807, 2.05) is 50.4 Å². The number of benzene rings is 1. The van der Waals surface area contributed by atoms with E-state index in [9.17, 15) is 0 Å². The lowest BCUT2D eigenvalue weighted by atomic mass is 10.1. The van der Waals surface area contributed by atoms with Crippen molar-refractivity contribution < 1.29 is 8.94 Å². The number of nitrogens with zero attached hydrogens (tertiary/aromatic N) is 3. The number of hydrogen-bond acceptors (Lipinski definition) is 5. The van der Waals surface area contributed by atoms with Crippen LogP contribution in [-0.2, 0) is 6.54 Å². The summed E-state index contributed by atoms with van der Waals surface area (Å²) in [6.45, 7) is 4.70. The number of furan rings is 1. The van der Waals surface area contributed by atoms with Gasteiger partial charge in [0.05, 0.1) is 18.8 Å². The lowest BCUT2D eigenvalue weighted by molar-refractivity contribution is 0.196. The summed E-state index contributed by atoms with van der Waals surface area (Å²) in [4.78, 5) is 6.58. The van der Waals surface area contributed by atoms with Gasteiger partial charge in [0, 0.05) is 5.56 Å². The van der Waals surface area contributed by atoms with Crippen molar-refractivity contribution in [1.29, 1.82) is 0 Å². The standard InChI is InChI=1S/C17H19N3O2/c1-12-6-4-7-14(10-12)17-18-16(22-19-17)11-20(3)13(2)15-8-5-9-21-15/h4-10,13H,11H2,1-3H3. The van der Waals surface area contributed by atoms with Crippen LogP contribution in [0.1, 0.15) is 30.2 Å². The molecule has 0 spiro atoms. The third-order valence-electron chi connectivity index (χ3n) is 3.75. The van der Waals surface area contributed by atoms with Crippen molar-refractivity contribution in [2.45, 2.75) is 26.4 Å². The molecule has 1 aromatic carbocycles. The van der Waals surface area contributed by atoms with Gasteiger partial charge in [0.2, 0.25) is 11.7 Å². The molecule has 5 nitrogen and oxygen atoms in total. The molecule has 3 rings (SSSR count). The van der Waals surface area contributed by atoms with Crippen LogP contribution in [0.5, 0.6) is 0 Å². The first-order valence-electron chi connectivity index (χ1n) is 7.27. The second-order valence-corrected chi connectivity index (χ2v) is 5.49. The Balaban J connectivity index is 1.71. The van der Waals surface area contributed by atoms with E-state index in [1.54, 1.807) is 6.26 Å². The van der Waals surface area contributed by atoms with Gasteiger partial charge in [-0.15, -0.1) is 0 Å². The summed E-state index contributed by atoms with van der Waals surface area (Å²) < 4.78 is 10.8.